The third kappa shape index (κ3) is 4.74. The van der Waals surface area contributed by atoms with E-state index in [0.29, 0.717) is 5.92 Å². The first kappa shape index (κ1) is 15.8. The molecule has 20 heavy (non-hydrogen) atoms. The Morgan fingerprint density at radius 1 is 1.20 bits per heavy atom. The molecule has 2 aliphatic rings. The second-order valence-corrected chi connectivity index (χ2v) is 6.70. The Labute approximate surface area is 123 Å². The Morgan fingerprint density at radius 3 is 2.60 bits per heavy atom. The maximum atomic E-state index is 12.3. The molecule has 4 nitrogen and oxygen atoms in total. The van der Waals surface area contributed by atoms with E-state index in [1.165, 1.54) is 38.8 Å². The number of carbonyl (C=O) groups is 1. The molecular weight excluding hydrogens is 250 g/mol. The highest BCUT2D eigenvalue weighted by Gasteiger charge is 2.30. The fourth-order valence-corrected chi connectivity index (χ4v) is 3.55. The molecule has 0 spiro atoms. The molecular formula is C16H31N3O. The fraction of sp³-hybridized carbons (Fsp3) is 0.938. The van der Waals surface area contributed by atoms with Gasteiger partial charge in [0.15, 0.2) is 0 Å². The zero-order valence-corrected chi connectivity index (χ0v) is 12.9. The smallest absolute Gasteiger partial charge is 0.223 e. The molecule has 1 saturated heterocycles. The lowest BCUT2D eigenvalue weighted by molar-refractivity contribution is -0.127. The Bertz CT molecular complexity index is 300. The fourth-order valence-electron chi connectivity index (χ4n) is 3.55. The quantitative estimate of drug-likeness (QED) is 0.825. The van der Waals surface area contributed by atoms with Gasteiger partial charge in [0, 0.05) is 25.0 Å². The molecule has 0 bridgehead atoms. The number of nitrogens with zero attached hydrogens (tertiary/aromatic N) is 1. The van der Waals surface area contributed by atoms with Gasteiger partial charge in [0.25, 0.3) is 0 Å². The van der Waals surface area contributed by atoms with E-state index in [-0.39, 0.29) is 17.9 Å². The summed E-state index contributed by atoms with van der Waals surface area (Å²) in [6.07, 6.45) is 8.35. The minimum absolute atomic E-state index is 0.128. The van der Waals surface area contributed by atoms with Gasteiger partial charge in [-0.25, -0.2) is 0 Å². The predicted molar refractivity (Wildman–Crippen MR) is 82.4 cm³/mol. The molecule has 1 amide bonds. The van der Waals surface area contributed by atoms with Crippen molar-refractivity contribution in [3.8, 4) is 0 Å². The second-order valence-electron chi connectivity index (χ2n) is 6.70. The van der Waals surface area contributed by atoms with E-state index in [0.717, 1.165) is 32.4 Å². The van der Waals surface area contributed by atoms with E-state index in [9.17, 15) is 4.79 Å². The van der Waals surface area contributed by atoms with Crippen LogP contribution in [0.1, 0.15) is 51.9 Å². The molecule has 2 rings (SSSR count). The maximum Gasteiger partial charge on any atom is 0.223 e. The maximum absolute atomic E-state index is 12.3. The summed E-state index contributed by atoms with van der Waals surface area (Å²) in [5.74, 6) is 0.832. The van der Waals surface area contributed by atoms with Gasteiger partial charge in [-0.3, -0.25) is 4.79 Å². The third-order valence-corrected chi connectivity index (χ3v) is 5.00. The van der Waals surface area contributed by atoms with Crippen molar-refractivity contribution in [3.05, 3.63) is 0 Å². The Hall–Kier alpha value is -0.610. The molecule has 116 valence electrons. The first-order chi connectivity index (χ1) is 9.66. The number of hydrogen-bond acceptors (Lipinski definition) is 3. The van der Waals surface area contributed by atoms with Crippen LogP contribution in [0.25, 0.3) is 0 Å². The third-order valence-electron chi connectivity index (χ3n) is 5.00. The average molecular weight is 281 g/mol. The Morgan fingerprint density at radius 2 is 1.90 bits per heavy atom. The van der Waals surface area contributed by atoms with E-state index in [4.69, 9.17) is 5.73 Å². The summed E-state index contributed by atoms with van der Waals surface area (Å²) < 4.78 is 0. The van der Waals surface area contributed by atoms with Crippen LogP contribution < -0.4 is 11.1 Å². The van der Waals surface area contributed by atoms with Crippen molar-refractivity contribution >= 4 is 5.91 Å². The Balaban J connectivity index is 1.68. The summed E-state index contributed by atoms with van der Waals surface area (Å²) in [4.78, 5) is 14.8. The van der Waals surface area contributed by atoms with Gasteiger partial charge in [-0.1, -0.05) is 19.8 Å². The molecule has 0 aromatic rings. The molecule has 2 fully saturated rings. The van der Waals surface area contributed by atoms with Crippen molar-refractivity contribution in [1.29, 1.82) is 0 Å². The number of amides is 1. The molecule has 0 aromatic heterocycles. The van der Waals surface area contributed by atoms with Gasteiger partial charge in [-0.05, 0) is 51.1 Å². The highest BCUT2D eigenvalue weighted by atomic mass is 16.1. The van der Waals surface area contributed by atoms with Crippen LogP contribution in [0.15, 0.2) is 0 Å². The van der Waals surface area contributed by atoms with Crippen LogP contribution in [0.3, 0.4) is 0 Å². The first-order valence-electron chi connectivity index (χ1n) is 8.42. The number of nitrogens with two attached hydrogens (primary N) is 1. The molecule has 1 heterocycles. The van der Waals surface area contributed by atoms with Gasteiger partial charge in [0.2, 0.25) is 5.91 Å². The van der Waals surface area contributed by atoms with Gasteiger partial charge in [-0.2, -0.15) is 0 Å². The first-order valence-corrected chi connectivity index (χ1v) is 8.42. The lowest BCUT2D eigenvalue weighted by atomic mass is 9.78. The van der Waals surface area contributed by atoms with Crippen molar-refractivity contribution in [1.82, 2.24) is 10.2 Å². The summed E-state index contributed by atoms with van der Waals surface area (Å²) in [5.41, 5.74) is 6.00. The van der Waals surface area contributed by atoms with Crippen LogP contribution in [0, 0.1) is 11.8 Å². The van der Waals surface area contributed by atoms with E-state index >= 15 is 0 Å². The highest BCUT2D eigenvalue weighted by Crippen LogP contribution is 2.29. The lowest BCUT2D eigenvalue weighted by Crippen LogP contribution is -2.43. The lowest BCUT2D eigenvalue weighted by Gasteiger charge is -2.31. The van der Waals surface area contributed by atoms with Crippen molar-refractivity contribution in [2.45, 2.75) is 57.9 Å². The summed E-state index contributed by atoms with van der Waals surface area (Å²) in [7, 11) is 0. The van der Waals surface area contributed by atoms with Crippen molar-refractivity contribution in [3.63, 3.8) is 0 Å². The van der Waals surface area contributed by atoms with Crippen molar-refractivity contribution < 1.29 is 4.79 Å². The average Bonchev–Trinajstić information content (AvgIpc) is 2.70. The summed E-state index contributed by atoms with van der Waals surface area (Å²) in [6.45, 7) is 6.36. The summed E-state index contributed by atoms with van der Waals surface area (Å²) in [5, 5.41) is 3.13. The minimum Gasteiger partial charge on any atom is -0.355 e. The summed E-state index contributed by atoms with van der Waals surface area (Å²) in [6, 6.07) is 0.215. The molecule has 4 heteroatoms. The van der Waals surface area contributed by atoms with Crippen LogP contribution in [-0.4, -0.2) is 43.0 Å². The standard InChI is InChI=1S/C16H31N3O/c1-13-6-7-14(17)12-15(13)16(20)18-8-11-19-9-4-2-3-5-10-19/h13-15H,2-12,17H2,1H3,(H,18,20). The second kappa shape index (κ2) is 7.99. The van der Waals surface area contributed by atoms with Crippen molar-refractivity contribution in [2.75, 3.05) is 26.2 Å². The predicted octanol–water partition coefficient (Wildman–Crippen LogP) is 1.74. The monoisotopic (exact) mass is 281 g/mol. The summed E-state index contributed by atoms with van der Waals surface area (Å²) >= 11 is 0. The van der Waals surface area contributed by atoms with Gasteiger partial charge in [0.1, 0.15) is 0 Å². The molecule has 3 unspecified atom stereocenters. The number of hydrogen-bond donors (Lipinski definition) is 2. The highest BCUT2D eigenvalue weighted by molar-refractivity contribution is 5.79. The molecule has 0 radical (unpaired) electrons. The van der Waals surface area contributed by atoms with Crippen LogP contribution in [0.5, 0.6) is 0 Å². The van der Waals surface area contributed by atoms with E-state index in [2.05, 4.69) is 17.1 Å². The SMILES string of the molecule is CC1CCC(N)CC1C(=O)NCCN1CCCCCC1. The van der Waals surface area contributed by atoms with Gasteiger partial charge < -0.3 is 16.0 Å². The zero-order valence-electron chi connectivity index (χ0n) is 12.9. The number of rotatable bonds is 4. The van der Waals surface area contributed by atoms with Crippen molar-refractivity contribution in [2.24, 2.45) is 17.6 Å². The number of likely N-dealkylation sites (tertiary alicyclic amines) is 1. The number of carbonyl (C=O) groups excluding carboxylic acids is 1. The Kier molecular flexibility index (Phi) is 6.30. The largest absolute Gasteiger partial charge is 0.355 e. The van der Waals surface area contributed by atoms with Gasteiger partial charge in [0.05, 0.1) is 0 Å². The number of nitrogens with one attached hydrogen (secondary N) is 1. The molecule has 1 saturated carbocycles. The molecule has 1 aliphatic carbocycles. The molecule has 3 N–H and O–H groups in total. The van der Waals surface area contributed by atoms with Crippen LogP contribution in [0.2, 0.25) is 0 Å². The normalized spacial score (nSPS) is 32.6. The van der Waals surface area contributed by atoms with Gasteiger partial charge in [-0.15, -0.1) is 0 Å². The van der Waals surface area contributed by atoms with E-state index < -0.39 is 0 Å². The zero-order chi connectivity index (χ0) is 14.4. The van der Waals surface area contributed by atoms with Crippen LogP contribution in [0.4, 0.5) is 0 Å². The topological polar surface area (TPSA) is 58.4 Å². The van der Waals surface area contributed by atoms with Crippen LogP contribution >= 0.6 is 0 Å². The molecule has 3 atom stereocenters. The minimum atomic E-state index is 0.128. The molecule has 0 aromatic carbocycles. The molecule has 1 aliphatic heterocycles. The van der Waals surface area contributed by atoms with Crippen LogP contribution in [-0.2, 0) is 4.79 Å². The van der Waals surface area contributed by atoms with E-state index in [1.54, 1.807) is 0 Å². The van der Waals surface area contributed by atoms with Gasteiger partial charge >= 0.3 is 0 Å². The van der Waals surface area contributed by atoms with E-state index in [1.807, 2.05) is 0 Å².